The van der Waals surface area contributed by atoms with Gasteiger partial charge in [-0.2, -0.15) is 0 Å². The first kappa shape index (κ1) is 46.7. The summed E-state index contributed by atoms with van der Waals surface area (Å²) in [5.74, 6) is 1.37. The molecule has 0 aromatic heterocycles. The fraction of sp³-hybridized carbons (Fsp3) is 0.500. The average Bonchev–Trinajstić information content (AvgIpc) is 3.10. The molecule has 3 aromatic carbocycles. The maximum atomic E-state index is 13.4. The Bertz CT molecular complexity index is 1320. The first-order chi connectivity index (χ1) is 22.9. The molecule has 0 saturated heterocycles. The number of halogens is 4. The predicted octanol–water partition coefficient (Wildman–Crippen LogP) is 12.2. The Hall–Kier alpha value is -3.40. The molecular weight excluding hydrogens is 685 g/mol. The van der Waals surface area contributed by atoms with Crippen molar-refractivity contribution in [3.05, 3.63) is 81.3 Å². The number of carbonyl (C=O) groups is 1. The minimum Gasteiger partial charge on any atom is -0.497 e. The number of aryl methyl sites for hydroxylation is 2. The quantitative estimate of drug-likeness (QED) is 0.261. The number of fused-ring (bicyclic) bond motifs is 1. The number of amides is 2. The predicted molar refractivity (Wildman–Crippen MR) is 199 cm³/mol. The van der Waals surface area contributed by atoms with E-state index in [9.17, 15) is 18.0 Å². The van der Waals surface area contributed by atoms with Gasteiger partial charge in [-0.3, -0.25) is 4.90 Å². The van der Waals surface area contributed by atoms with Crippen LogP contribution in [0.15, 0.2) is 59.1 Å². The number of hydrogen-bond donors (Lipinski definition) is 0. The smallest absolute Gasteiger partial charge is 0.497 e. The molecule has 0 bridgehead atoms. The van der Waals surface area contributed by atoms with Crippen LogP contribution in [0, 0.1) is 6.92 Å². The zero-order valence-corrected chi connectivity index (χ0v) is 33.0. The van der Waals surface area contributed by atoms with Gasteiger partial charge < -0.3 is 19.1 Å². The van der Waals surface area contributed by atoms with E-state index < -0.39 is 6.36 Å². The zero-order chi connectivity index (χ0) is 37.6. The van der Waals surface area contributed by atoms with Crippen molar-refractivity contribution >= 4 is 27.6 Å². The topological polar surface area (TPSA) is 51.2 Å². The second-order valence-electron chi connectivity index (χ2n) is 9.35. The van der Waals surface area contributed by atoms with E-state index in [-0.39, 0.29) is 17.8 Å². The third kappa shape index (κ3) is 14.4. The van der Waals surface area contributed by atoms with Crippen LogP contribution in [0.2, 0.25) is 0 Å². The van der Waals surface area contributed by atoms with Gasteiger partial charge in [-0.05, 0) is 79.8 Å². The van der Waals surface area contributed by atoms with Gasteiger partial charge in [0.2, 0.25) is 0 Å². The van der Waals surface area contributed by atoms with E-state index in [1.165, 1.54) is 23.8 Å². The van der Waals surface area contributed by atoms with Crippen LogP contribution >= 0.6 is 15.9 Å². The standard InChI is InChI=1S/C22H27BrN2O3.C8H7F3O.4C2H6/c1-6-15-11-17(23)7-8-19(15)24(3)22(26)25-10-9-16-12-18(27-4)13-20(28-5)21(16)14(25)2;1-6-3-2-4-7(5-6)12-8(9,10)11;4*1-2/h7-8,11-14H,6,9-10H2,1-5H3;2-5H,1H3;4*1-2H3. The number of methoxy groups -OCH3 is 2. The summed E-state index contributed by atoms with van der Waals surface area (Å²) in [5, 5.41) is 0. The van der Waals surface area contributed by atoms with Gasteiger partial charge in [0.05, 0.1) is 20.3 Å². The molecule has 0 spiro atoms. The number of urea groups is 1. The molecule has 0 fully saturated rings. The summed E-state index contributed by atoms with van der Waals surface area (Å²) < 4.78 is 50.7. The van der Waals surface area contributed by atoms with E-state index in [1.807, 2.05) is 91.6 Å². The third-order valence-electron chi connectivity index (χ3n) is 6.70. The summed E-state index contributed by atoms with van der Waals surface area (Å²) in [7, 11) is 5.16. The third-order valence-corrected chi connectivity index (χ3v) is 7.20. The molecule has 2 amide bonds. The van der Waals surface area contributed by atoms with Crippen molar-refractivity contribution in [3.8, 4) is 17.2 Å². The summed E-state index contributed by atoms with van der Waals surface area (Å²) in [6.07, 6.45) is -2.97. The maximum absolute atomic E-state index is 13.4. The van der Waals surface area contributed by atoms with Gasteiger partial charge >= 0.3 is 12.4 Å². The Morgan fingerprint density at radius 1 is 0.917 bits per heavy atom. The largest absolute Gasteiger partial charge is 0.573 e. The number of nitrogens with zero attached hydrogens (tertiary/aromatic N) is 2. The lowest BCUT2D eigenvalue weighted by Gasteiger charge is -2.38. The molecule has 1 atom stereocenters. The van der Waals surface area contributed by atoms with E-state index in [1.54, 1.807) is 32.1 Å². The van der Waals surface area contributed by atoms with Crippen LogP contribution in [0.4, 0.5) is 23.7 Å². The Labute approximate surface area is 296 Å². The summed E-state index contributed by atoms with van der Waals surface area (Å²) in [6, 6.07) is 15.7. The fourth-order valence-electron chi connectivity index (χ4n) is 4.75. The number of alkyl halides is 3. The van der Waals surface area contributed by atoms with E-state index in [2.05, 4.69) is 40.6 Å². The molecule has 1 aliphatic heterocycles. The number of carbonyl (C=O) groups excluding carboxylic acids is 1. The molecule has 0 aliphatic carbocycles. The van der Waals surface area contributed by atoms with Crippen molar-refractivity contribution in [2.75, 3.05) is 32.7 Å². The first-order valence-corrected chi connectivity index (χ1v) is 17.6. The van der Waals surface area contributed by atoms with E-state index >= 15 is 0 Å². The second kappa shape index (κ2) is 24.7. The molecule has 48 heavy (non-hydrogen) atoms. The van der Waals surface area contributed by atoms with Gasteiger partial charge in [0.15, 0.2) is 0 Å². The van der Waals surface area contributed by atoms with Crippen molar-refractivity contribution < 1.29 is 32.2 Å². The Kier molecular flexibility index (Phi) is 24.0. The molecule has 272 valence electrons. The number of hydrogen-bond acceptors (Lipinski definition) is 4. The monoisotopic (exact) mass is 742 g/mol. The summed E-state index contributed by atoms with van der Waals surface area (Å²) in [4.78, 5) is 17.0. The molecule has 10 heteroatoms. The van der Waals surface area contributed by atoms with Crippen LogP contribution < -0.4 is 19.1 Å². The molecule has 6 nitrogen and oxygen atoms in total. The van der Waals surface area contributed by atoms with Crippen LogP contribution in [0.3, 0.4) is 0 Å². The highest BCUT2D eigenvalue weighted by atomic mass is 79.9. The summed E-state index contributed by atoms with van der Waals surface area (Å²) in [6.45, 7) is 22.5. The Balaban J connectivity index is 0. The van der Waals surface area contributed by atoms with Gasteiger partial charge in [0, 0.05) is 35.4 Å². The van der Waals surface area contributed by atoms with E-state index in [0.717, 1.165) is 51.2 Å². The number of rotatable bonds is 5. The summed E-state index contributed by atoms with van der Waals surface area (Å²) in [5.41, 5.74) is 5.04. The van der Waals surface area contributed by atoms with Gasteiger partial charge in [0.25, 0.3) is 0 Å². The average molecular weight is 744 g/mol. The maximum Gasteiger partial charge on any atom is 0.573 e. The highest BCUT2D eigenvalue weighted by Gasteiger charge is 2.33. The SMILES string of the molecule is CC.CC.CC.CC.CCc1cc(Br)ccc1N(C)C(=O)N1CCc2cc(OC)cc(OC)c2C1C.Cc1cccc(OC(F)(F)F)c1. The fourth-order valence-corrected chi connectivity index (χ4v) is 5.16. The van der Waals surface area contributed by atoms with Gasteiger partial charge in [0.1, 0.15) is 17.2 Å². The minimum absolute atomic E-state index is 0.00644. The van der Waals surface area contributed by atoms with E-state index in [0.29, 0.717) is 6.54 Å². The van der Waals surface area contributed by atoms with E-state index in [4.69, 9.17) is 9.47 Å². The van der Waals surface area contributed by atoms with Crippen molar-refractivity contribution in [2.45, 2.75) is 101 Å². The van der Waals surface area contributed by atoms with Gasteiger partial charge in [-0.1, -0.05) is 90.4 Å². The highest BCUT2D eigenvalue weighted by molar-refractivity contribution is 9.10. The minimum atomic E-state index is -4.60. The molecule has 0 N–H and O–H groups in total. The Morgan fingerprint density at radius 3 is 2.02 bits per heavy atom. The lowest BCUT2D eigenvalue weighted by Crippen LogP contribution is -2.46. The normalized spacial score (nSPS) is 12.5. The van der Waals surface area contributed by atoms with Gasteiger partial charge in [-0.15, -0.1) is 13.2 Å². The summed E-state index contributed by atoms with van der Waals surface area (Å²) >= 11 is 3.52. The van der Waals surface area contributed by atoms with Crippen LogP contribution in [0.25, 0.3) is 0 Å². The van der Waals surface area contributed by atoms with Crippen LogP contribution in [-0.2, 0) is 12.8 Å². The molecule has 4 rings (SSSR count). The Morgan fingerprint density at radius 2 is 1.52 bits per heavy atom. The van der Waals surface area contributed by atoms with Crippen LogP contribution in [-0.4, -0.2) is 45.1 Å². The van der Waals surface area contributed by atoms with Crippen LogP contribution in [0.1, 0.15) is 97.5 Å². The molecular formula is C38H58BrF3N2O4. The molecule has 1 unspecified atom stereocenters. The van der Waals surface area contributed by atoms with Crippen molar-refractivity contribution in [1.82, 2.24) is 4.90 Å². The van der Waals surface area contributed by atoms with Crippen molar-refractivity contribution in [2.24, 2.45) is 0 Å². The second-order valence-corrected chi connectivity index (χ2v) is 10.3. The molecule has 0 radical (unpaired) electrons. The lowest BCUT2D eigenvalue weighted by atomic mass is 9.92. The van der Waals surface area contributed by atoms with Gasteiger partial charge in [-0.25, -0.2) is 4.79 Å². The highest BCUT2D eigenvalue weighted by Crippen LogP contribution is 2.40. The molecule has 3 aromatic rings. The number of ether oxygens (including phenoxy) is 3. The van der Waals surface area contributed by atoms with Crippen molar-refractivity contribution in [1.29, 1.82) is 0 Å². The number of anilines is 1. The lowest BCUT2D eigenvalue weighted by molar-refractivity contribution is -0.274. The molecule has 1 aliphatic rings. The number of benzene rings is 3. The zero-order valence-electron chi connectivity index (χ0n) is 31.4. The molecule has 1 heterocycles. The first-order valence-electron chi connectivity index (χ1n) is 16.8. The molecule has 0 saturated carbocycles. The van der Waals surface area contributed by atoms with Crippen LogP contribution in [0.5, 0.6) is 17.2 Å². The van der Waals surface area contributed by atoms with Crippen molar-refractivity contribution in [3.63, 3.8) is 0 Å².